The molecule has 7 heteroatoms. The summed E-state index contributed by atoms with van der Waals surface area (Å²) in [5.41, 5.74) is 3.08. The predicted octanol–water partition coefficient (Wildman–Crippen LogP) is 2.47. The number of pyridine rings is 1. The third-order valence-corrected chi connectivity index (χ3v) is 5.02. The van der Waals surface area contributed by atoms with Gasteiger partial charge in [0.2, 0.25) is 5.91 Å². The number of carbonyl (C=O) groups is 3. The van der Waals surface area contributed by atoms with Crippen LogP contribution in [0.25, 0.3) is 10.9 Å². The molecular formula is C21H25N3O4. The first-order valence-electron chi connectivity index (χ1n) is 9.47. The van der Waals surface area contributed by atoms with Gasteiger partial charge in [0.1, 0.15) is 6.04 Å². The van der Waals surface area contributed by atoms with Gasteiger partial charge in [0.25, 0.3) is 5.91 Å². The van der Waals surface area contributed by atoms with Crippen molar-refractivity contribution in [3.8, 4) is 0 Å². The van der Waals surface area contributed by atoms with Gasteiger partial charge >= 0.3 is 5.97 Å². The molecule has 7 nitrogen and oxygen atoms in total. The molecule has 1 fully saturated rings. The molecule has 1 aliphatic rings. The molecule has 0 spiro atoms. The van der Waals surface area contributed by atoms with E-state index in [0.717, 1.165) is 35.0 Å². The molecule has 1 saturated carbocycles. The zero-order chi connectivity index (χ0) is 20.4. The number of aromatic nitrogens is 1. The fraction of sp³-hybridized carbons (Fsp3) is 0.429. The highest BCUT2D eigenvalue weighted by Gasteiger charge is 2.30. The lowest BCUT2D eigenvalue weighted by molar-refractivity contribution is -0.141. The van der Waals surface area contributed by atoms with Gasteiger partial charge in [0.15, 0.2) is 0 Å². The summed E-state index contributed by atoms with van der Waals surface area (Å²) in [7, 11) is 0. The summed E-state index contributed by atoms with van der Waals surface area (Å²) >= 11 is 0. The van der Waals surface area contributed by atoms with Gasteiger partial charge in [0.05, 0.1) is 11.1 Å². The molecule has 1 aliphatic carbocycles. The second-order valence-corrected chi connectivity index (χ2v) is 7.39. The molecule has 1 aromatic carbocycles. The fourth-order valence-electron chi connectivity index (χ4n) is 3.24. The summed E-state index contributed by atoms with van der Waals surface area (Å²) in [5, 5.41) is 12.8. The van der Waals surface area contributed by atoms with E-state index in [4.69, 9.17) is 4.98 Å². The topological polar surface area (TPSA) is 99.6 Å². The van der Waals surface area contributed by atoms with E-state index >= 15 is 0 Å². The van der Waals surface area contributed by atoms with E-state index in [0.29, 0.717) is 11.5 Å². The SMILES string of the molecule is CC(=O)NCCN(C(=O)c1cc(C2CC2)nc2ccc(C)cc12)C(C)C(=O)O. The number of rotatable bonds is 7. The number of aliphatic carboxylic acids is 1. The maximum Gasteiger partial charge on any atom is 0.326 e. The number of hydrogen-bond acceptors (Lipinski definition) is 4. The third kappa shape index (κ3) is 4.30. The van der Waals surface area contributed by atoms with Crippen LogP contribution in [0.4, 0.5) is 0 Å². The van der Waals surface area contributed by atoms with E-state index in [9.17, 15) is 19.5 Å². The van der Waals surface area contributed by atoms with Crippen LogP contribution >= 0.6 is 0 Å². The molecule has 1 heterocycles. The Morgan fingerprint density at radius 3 is 2.61 bits per heavy atom. The maximum atomic E-state index is 13.4. The number of carbonyl (C=O) groups excluding carboxylic acids is 2. The summed E-state index contributed by atoms with van der Waals surface area (Å²) < 4.78 is 0. The first-order chi connectivity index (χ1) is 13.3. The van der Waals surface area contributed by atoms with Crippen LogP contribution in [0.1, 0.15) is 54.2 Å². The van der Waals surface area contributed by atoms with Crippen LogP contribution in [0, 0.1) is 6.92 Å². The lowest BCUT2D eigenvalue weighted by atomic mass is 10.0. The monoisotopic (exact) mass is 383 g/mol. The molecule has 2 amide bonds. The number of carboxylic acids is 1. The van der Waals surface area contributed by atoms with Crippen molar-refractivity contribution in [1.82, 2.24) is 15.2 Å². The van der Waals surface area contributed by atoms with E-state index in [2.05, 4.69) is 5.32 Å². The zero-order valence-corrected chi connectivity index (χ0v) is 16.4. The summed E-state index contributed by atoms with van der Waals surface area (Å²) in [6.07, 6.45) is 2.10. The smallest absolute Gasteiger partial charge is 0.326 e. The van der Waals surface area contributed by atoms with E-state index < -0.39 is 12.0 Å². The Kier molecular flexibility index (Phi) is 5.63. The van der Waals surface area contributed by atoms with E-state index in [1.54, 1.807) is 0 Å². The first kappa shape index (κ1) is 19.8. The average molecular weight is 383 g/mol. The second kappa shape index (κ2) is 7.96. The van der Waals surface area contributed by atoms with Gasteiger partial charge < -0.3 is 15.3 Å². The Balaban J connectivity index is 2.03. The molecule has 0 radical (unpaired) electrons. The fourth-order valence-corrected chi connectivity index (χ4v) is 3.24. The number of carboxylic acid groups (broad SMARTS) is 1. The van der Waals surface area contributed by atoms with Crippen LogP contribution in [0.15, 0.2) is 24.3 Å². The molecule has 2 N–H and O–H groups in total. The lowest BCUT2D eigenvalue weighted by Crippen LogP contribution is -2.46. The molecule has 148 valence electrons. The molecular weight excluding hydrogens is 358 g/mol. The van der Waals surface area contributed by atoms with Crippen molar-refractivity contribution in [2.24, 2.45) is 0 Å². The van der Waals surface area contributed by atoms with Crippen LogP contribution < -0.4 is 5.32 Å². The quantitative estimate of drug-likeness (QED) is 0.765. The van der Waals surface area contributed by atoms with Gasteiger partial charge in [-0.1, -0.05) is 11.6 Å². The minimum absolute atomic E-state index is 0.111. The second-order valence-electron chi connectivity index (χ2n) is 7.39. The lowest BCUT2D eigenvalue weighted by Gasteiger charge is -2.27. The van der Waals surface area contributed by atoms with E-state index in [-0.39, 0.29) is 24.9 Å². The highest BCUT2D eigenvalue weighted by atomic mass is 16.4. The molecule has 2 aromatic rings. The summed E-state index contributed by atoms with van der Waals surface area (Å²) in [6.45, 7) is 5.10. The highest BCUT2D eigenvalue weighted by Crippen LogP contribution is 2.40. The number of benzene rings is 1. The van der Waals surface area contributed by atoms with E-state index in [1.807, 2.05) is 31.2 Å². The number of aryl methyl sites for hydroxylation is 1. The van der Waals surface area contributed by atoms with Crippen molar-refractivity contribution < 1.29 is 19.5 Å². The Labute approximate surface area is 163 Å². The van der Waals surface area contributed by atoms with Crippen molar-refractivity contribution in [3.63, 3.8) is 0 Å². The number of fused-ring (bicyclic) bond motifs is 1. The van der Waals surface area contributed by atoms with Gasteiger partial charge in [-0.2, -0.15) is 0 Å². The zero-order valence-electron chi connectivity index (χ0n) is 16.4. The van der Waals surface area contributed by atoms with Crippen LogP contribution in [-0.2, 0) is 9.59 Å². The average Bonchev–Trinajstić information content (AvgIpc) is 3.48. The normalized spacial score (nSPS) is 14.5. The van der Waals surface area contributed by atoms with Crippen LogP contribution in [0.3, 0.4) is 0 Å². The van der Waals surface area contributed by atoms with Crippen LogP contribution in [0.5, 0.6) is 0 Å². The van der Waals surface area contributed by atoms with Gasteiger partial charge in [-0.05, 0) is 44.9 Å². The number of amides is 2. The largest absolute Gasteiger partial charge is 0.480 e. The number of hydrogen-bond donors (Lipinski definition) is 2. The minimum Gasteiger partial charge on any atom is -0.480 e. The third-order valence-electron chi connectivity index (χ3n) is 5.02. The molecule has 3 rings (SSSR count). The van der Waals surface area contributed by atoms with Crippen molar-refractivity contribution >= 4 is 28.7 Å². The summed E-state index contributed by atoms with van der Waals surface area (Å²) in [5.74, 6) is -1.31. The van der Waals surface area contributed by atoms with Gasteiger partial charge in [-0.25, -0.2) is 4.79 Å². The van der Waals surface area contributed by atoms with Gasteiger partial charge in [-0.3, -0.25) is 14.6 Å². The maximum absolute atomic E-state index is 13.4. The molecule has 0 aliphatic heterocycles. The van der Waals surface area contributed by atoms with Crippen LogP contribution in [0.2, 0.25) is 0 Å². The minimum atomic E-state index is -1.09. The first-order valence-corrected chi connectivity index (χ1v) is 9.47. The van der Waals surface area contributed by atoms with Gasteiger partial charge in [0, 0.05) is 37.0 Å². The Hall–Kier alpha value is -2.96. The van der Waals surface area contributed by atoms with Crippen molar-refractivity contribution in [3.05, 3.63) is 41.1 Å². The highest BCUT2D eigenvalue weighted by molar-refractivity contribution is 6.07. The summed E-state index contributed by atoms with van der Waals surface area (Å²) in [4.78, 5) is 42.2. The number of nitrogens with zero attached hydrogens (tertiary/aromatic N) is 2. The van der Waals surface area contributed by atoms with Gasteiger partial charge in [-0.15, -0.1) is 0 Å². The van der Waals surface area contributed by atoms with Crippen LogP contribution in [-0.4, -0.2) is 51.9 Å². The van der Waals surface area contributed by atoms with Crippen molar-refractivity contribution in [2.75, 3.05) is 13.1 Å². The molecule has 1 aromatic heterocycles. The molecule has 28 heavy (non-hydrogen) atoms. The Morgan fingerprint density at radius 2 is 2.00 bits per heavy atom. The molecule has 0 bridgehead atoms. The summed E-state index contributed by atoms with van der Waals surface area (Å²) in [6, 6.07) is 6.55. The molecule has 1 atom stereocenters. The van der Waals surface area contributed by atoms with E-state index in [1.165, 1.54) is 18.7 Å². The number of nitrogens with one attached hydrogen (secondary N) is 1. The molecule has 0 saturated heterocycles. The van der Waals surface area contributed by atoms with Crippen molar-refractivity contribution in [1.29, 1.82) is 0 Å². The predicted molar refractivity (Wildman–Crippen MR) is 105 cm³/mol. The van der Waals surface area contributed by atoms with Crippen molar-refractivity contribution in [2.45, 2.75) is 45.6 Å². The molecule has 1 unspecified atom stereocenters. The standard InChI is InChI=1S/C21H25N3O4/c1-12-4-7-18-16(10-12)17(11-19(23-18)15-5-6-15)20(26)24(13(2)21(27)28)9-8-22-14(3)25/h4,7,10-11,13,15H,5-6,8-9H2,1-3H3,(H,22,25)(H,27,28). The Morgan fingerprint density at radius 1 is 1.29 bits per heavy atom. The Bertz CT molecular complexity index is 937.